The maximum atomic E-state index is 12.2. The number of carbonyl (C=O) groups is 1. The van der Waals surface area contributed by atoms with Gasteiger partial charge < -0.3 is 14.8 Å². The van der Waals surface area contributed by atoms with E-state index >= 15 is 0 Å². The first kappa shape index (κ1) is 15.8. The van der Waals surface area contributed by atoms with E-state index in [9.17, 15) is 4.79 Å². The summed E-state index contributed by atoms with van der Waals surface area (Å²) in [6, 6.07) is 5.33. The second-order valence-electron chi connectivity index (χ2n) is 4.16. The lowest BCUT2D eigenvalue weighted by molar-refractivity contribution is 0.0934. The van der Waals surface area contributed by atoms with Crippen LogP contribution in [0.4, 0.5) is 0 Å². The summed E-state index contributed by atoms with van der Waals surface area (Å²) in [5.74, 6) is 1.11. The molecule has 0 bridgehead atoms. The molecule has 1 unspecified atom stereocenters. The van der Waals surface area contributed by atoms with Gasteiger partial charge in [-0.1, -0.05) is 22.9 Å². The highest BCUT2D eigenvalue weighted by Crippen LogP contribution is 2.22. The molecule has 0 aliphatic carbocycles. The Balaban J connectivity index is 2.86. The van der Waals surface area contributed by atoms with Gasteiger partial charge in [-0.2, -0.15) is 0 Å². The molecular weight excluding hydrogens is 310 g/mol. The fourth-order valence-electron chi connectivity index (χ4n) is 1.72. The van der Waals surface area contributed by atoms with Gasteiger partial charge in [-0.3, -0.25) is 4.79 Å². The molecule has 0 saturated heterocycles. The van der Waals surface area contributed by atoms with Gasteiger partial charge >= 0.3 is 0 Å². The lowest BCUT2D eigenvalue weighted by Gasteiger charge is -2.16. The van der Waals surface area contributed by atoms with E-state index in [-0.39, 0.29) is 11.9 Å². The van der Waals surface area contributed by atoms with Crippen LogP contribution in [0.1, 0.15) is 30.1 Å². The standard InChI is InChI=1S/C14H20BrNO3/c1-4-11(5-6-15)16-14(17)10-7-12(18-2)9-13(8-10)19-3/h7-9,11H,4-6H2,1-3H3,(H,16,17). The van der Waals surface area contributed by atoms with Crippen molar-refractivity contribution < 1.29 is 14.3 Å². The van der Waals surface area contributed by atoms with Crippen molar-refractivity contribution in [1.82, 2.24) is 5.32 Å². The minimum Gasteiger partial charge on any atom is -0.497 e. The maximum absolute atomic E-state index is 12.2. The number of ether oxygens (including phenoxy) is 2. The molecule has 4 nitrogen and oxygen atoms in total. The van der Waals surface area contributed by atoms with Gasteiger partial charge in [0.15, 0.2) is 0 Å². The molecule has 1 amide bonds. The lowest BCUT2D eigenvalue weighted by atomic mass is 10.1. The van der Waals surface area contributed by atoms with Gasteiger partial charge in [-0.15, -0.1) is 0 Å². The molecule has 0 spiro atoms. The number of nitrogens with one attached hydrogen (secondary N) is 1. The van der Waals surface area contributed by atoms with Gasteiger partial charge in [0.1, 0.15) is 11.5 Å². The second-order valence-corrected chi connectivity index (χ2v) is 4.95. The van der Waals surface area contributed by atoms with Crippen LogP contribution in [-0.4, -0.2) is 31.5 Å². The van der Waals surface area contributed by atoms with E-state index in [2.05, 4.69) is 28.2 Å². The van der Waals surface area contributed by atoms with Crippen LogP contribution in [0.15, 0.2) is 18.2 Å². The van der Waals surface area contributed by atoms with Crippen molar-refractivity contribution >= 4 is 21.8 Å². The Morgan fingerprint density at radius 2 is 1.84 bits per heavy atom. The number of alkyl halides is 1. The highest BCUT2D eigenvalue weighted by molar-refractivity contribution is 9.09. The smallest absolute Gasteiger partial charge is 0.251 e. The van der Waals surface area contributed by atoms with Gasteiger partial charge in [0.25, 0.3) is 5.91 Å². The van der Waals surface area contributed by atoms with Gasteiger partial charge in [0, 0.05) is 23.0 Å². The largest absolute Gasteiger partial charge is 0.497 e. The summed E-state index contributed by atoms with van der Waals surface area (Å²) in [5, 5.41) is 3.87. The molecule has 5 heteroatoms. The molecule has 1 N–H and O–H groups in total. The summed E-state index contributed by atoms with van der Waals surface area (Å²) in [6.45, 7) is 2.06. The Hall–Kier alpha value is -1.23. The van der Waals surface area contributed by atoms with Gasteiger partial charge in [-0.05, 0) is 25.0 Å². The predicted molar refractivity (Wildman–Crippen MR) is 79.5 cm³/mol. The number of benzene rings is 1. The van der Waals surface area contributed by atoms with Crippen molar-refractivity contribution in [2.45, 2.75) is 25.8 Å². The number of amides is 1. The van der Waals surface area contributed by atoms with Crippen LogP contribution in [0, 0.1) is 0 Å². The molecule has 0 aromatic heterocycles. The Labute approximate surface area is 122 Å². The summed E-state index contributed by atoms with van der Waals surface area (Å²) in [6.07, 6.45) is 1.81. The number of methoxy groups -OCH3 is 2. The third-order valence-electron chi connectivity index (χ3n) is 2.90. The molecule has 1 aromatic carbocycles. The summed E-state index contributed by atoms with van der Waals surface area (Å²) >= 11 is 3.39. The van der Waals surface area contributed by atoms with Gasteiger partial charge in [0.05, 0.1) is 14.2 Å². The van der Waals surface area contributed by atoms with Crippen LogP contribution in [0.5, 0.6) is 11.5 Å². The monoisotopic (exact) mass is 329 g/mol. The normalized spacial score (nSPS) is 11.8. The molecule has 0 aliphatic heterocycles. The first-order valence-corrected chi connectivity index (χ1v) is 7.36. The number of rotatable bonds is 7. The van der Waals surface area contributed by atoms with Crippen LogP contribution in [0.2, 0.25) is 0 Å². The Bertz CT molecular complexity index is 401. The van der Waals surface area contributed by atoms with Crippen LogP contribution in [0.3, 0.4) is 0 Å². The van der Waals surface area contributed by atoms with E-state index < -0.39 is 0 Å². The van der Waals surface area contributed by atoms with E-state index in [1.165, 1.54) is 0 Å². The van der Waals surface area contributed by atoms with E-state index in [4.69, 9.17) is 9.47 Å². The number of carbonyl (C=O) groups excluding carboxylic acids is 1. The fourth-order valence-corrected chi connectivity index (χ4v) is 2.27. The zero-order chi connectivity index (χ0) is 14.3. The van der Waals surface area contributed by atoms with Crippen LogP contribution in [0.25, 0.3) is 0 Å². The summed E-state index contributed by atoms with van der Waals surface area (Å²) in [4.78, 5) is 12.2. The molecule has 19 heavy (non-hydrogen) atoms. The predicted octanol–water partition coefficient (Wildman–Crippen LogP) is 3.00. The molecule has 0 saturated carbocycles. The van der Waals surface area contributed by atoms with Crippen molar-refractivity contribution in [2.24, 2.45) is 0 Å². The van der Waals surface area contributed by atoms with E-state index in [0.29, 0.717) is 17.1 Å². The third-order valence-corrected chi connectivity index (χ3v) is 3.36. The highest BCUT2D eigenvalue weighted by atomic mass is 79.9. The molecular formula is C14H20BrNO3. The highest BCUT2D eigenvalue weighted by Gasteiger charge is 2.13. The molecule has 0 fully saturated rings. The SMILES string of the molecule is CCC(CCBr)NC(=O)c1cc(OC)cc(OC)c1. The first-order valence-electron chi connectivity index (χ1n) is 6.24. The van der Waals surface area contributed by atoms with Crippen LogP contribution < -0.4 is 14.8 Å². The zero-order valence-corrected chi connectivity index (χ0v) is 13.1. The van der Waals surface area contributed by atoms with Crippen molar-refractivity contribution in [3.8, 4) is 11.5 Å². The number of hydrogen-bond acceptors (Lipinski definition) is 3. The number of hydrogen-bond donors (Lipinski definition) is 1. The second kappa shape index (κ2) is 8.04. The molecule has 0 aliphatic rings. The molecule has 1 rings (SSSR count). The molecule has 1 atom stereocenters. The van der Waals surface area contributed by atoms with E-state index in [1.807, 2.05) is 0 Å². The van der Waals surface area contributed by atoms with Crippen molar-refractivity contribution in [1.29, 1.82) is 0 Å². The van der Waals surface area contributed by atoms with Crippen molar-refractivity contribution in [2.75, 3.05) is 19.5 Å². The van der Waals surface area contributed by atoms with Gasteiger partial charge in [0.2, 0.25) is 0 Å². The Morgan fingerprint density at radius 1 is 1.26 bits per heavy atom. The van der Waals surface area contributed by atoms with E-state index in [0.717, 1.165) is 18.2 Å². The lowest BCUT2D eigenvalue weighted by Crippen LogP contribution is -2.34. The quantitative estimate of drug-likeness (QED) is 0.782. The average Bonchev–Trinajstić information content (AvgIpc) is 2.45. The van der Waals surface area contributed by atoms with Crippen molar-refractivity contribution in [3.63, 3.8) is 0 Å². The summed E-state index contributed by atoms with van der Waals surface area (Å²) in [5.41, 5.74) is 0.546. The van der Waals surface area contributed by atoms with Crippen molar-refractivity contribution in [3.05, 3.63) is 23.8 Å². The summed E-state index contributed by atoms with van der Waals surface area (Å²) < 4.78 is 10.3. The molecule has 0 radical (unpaired) electrons. The molecule has 0 heterocycles. The van der Waals surface area contributed by atoms with E-state index in [1.54, 1.807) is 32.4 Å². The average molecular weight is 330 g/mol. The summed E-state index contributed by atoms with van der Waals surface area (Å²) in [7, 11) is 3.13. The van der Waals surface area contributed by atoms with Gasteiger partial charge in [-0.25, -0.2) is 0 Å². The minimum atomic E-state index is -0.106. The van der Waals surface area contributed by atoms with Crippen LogP contribution >= 0.6 is 15.9 Å². The minimum absolute atomic E-state index is 0.106. The first-order chi connectivity index (χ1) is 9.14. The fraction of sp³-hybridized carbons (Fsp3) is 0.500. The molecule has 1 aromatic rings. The Kier molecular flexibility index (Phi) is 6.70. The topological polar surface area (TPSA) is 47.6 Å². The zero-order valence-electron chi connectivity index (χ0n) is 11.5. The number of halogens is 1. The Morgan fingerprint density at radius 3 is 2.26 bits per heavy atom. The third kappa shape index (κ3) is 4.74. The van der Waals surface area contributed by atoms with Crippen LogP contribution in [-0.2, 0) is 0 Å². The molecule has 106 valence electrons. The maximum Gasteiger partial charge on any atom is 0.251 e.